The summed E-state index contributed by atoms with van der Waals surface area (Å²) < 4.78 is 11.7. The molecule has 0 aromatic heterocycles. The zero-order valence-electron chi connectivity index (χ0n) is 23.5. The van der Waals surface area contributed by atoms with Gasteiger partial charge in [-0.1, -0.05) is 44.7 Å². The van der Waals surface area contributed by atoms with Crippen LogP contribution in [0.5, 0.6) is 23.0 Å². The van der Waals surface area contributed by atoms with Gasteiger partial charge in [-0.25, -0.2) is 4.79 Å². The molecule has 42 heavy (non-hydrogen) atoms. The van der Waals surface area contributed by atoms with E-state index in [4.69, 9.17) is 9.47 Å². The van der Waals surface area contributed by atoms with E-state index in [-0.39, 0.29) is 40.3 Å². The van der Waals surface area contributed by atoms with Gasteiger partial charge in [-0.15, -0.1) is 0 Å². The lowest BCUT2D eigenvalue weighted by molar-refractivity contribution is -0.119. The van der Waals surface area contributed by atoms with Crippen LogP contribution in [0.15, 0.2) is 60.7 Å². The average Bonchev–Trinajstić information content (AvgIpc) is 3.24. The number of hydrogen-bond acceptors (Lipinski definition) is 8. The number of nitrogens with zero attached hydrogens (tertiary/aromatic N) is 1. The van der Waals surface area contributed by atoms with Gasteiger partial charge < -0.3 is 25.0 Å². The largest absolute Gasteiger partial charge is 0.508 e. The lowest BCUT2D eigenvalue weighted by Crippen LogP contribution is -2.27. The minimum absolute atomic E-state index is 0.102. The average molecular weight is 594 g/mol. The molecule has 4 rings (SSSR count). The summed E-state index contributed by atoms with van der Waals surface area (Å²) in [5.41, 5.74) is 1.67. The minimum atomic E-state index is -1.24. The van der Waals surface area contributed by atoms with E-state index in [0.717, 1.165) is 27.8 Å². The normalized spacial score (nSPS) is 14.7. The summed E-state index contributed by atoms with van der Waals surface area (Å²) in [7, 11) is 1.35. The Morgan fingerprint density at radius 3 is 2.33 bits per heavy atom. The van der Waals surface area contributed by atoms with Crippen molar-refractivity contribution < 1.29 is 38.9 Å². The number of ether oxygens (including phenoxy) is 2. The lowest BCUT2D eigenvalue weighted by Gasteiger charge is -2.24. The first kappa shape index (κ1) is 30.3. The third-order valence-electron chi connectivity index (χ3n) is 6.37. The number of aromatic hydroxyl groups is 1. The summed E-state index contributed by atoms with van der Waals surface area (Å²) in [6, 6.07) is 16.2. The molecule has 0 bridgehead atoms. The van der Waals surface area contributed by atoms with Crippen LogP contribution in [0.4, 0.5) is 21.0 Å². The van der Waals surface area contributed by atoms with Crippen LogP contribution >= 0.6 is 11.8 Å². The molecule has 11 nitrogen and oxygen atoms in total. The first-order valence-electron chi connectivity index (χ1n) is 13.0. The number of carbonyl (C=O) groups is 4. The molecule has 220 valence electrons. The second-order valence-electron chi connectivity index (χ2n) is 10.6. The molecule has 0 radical (unpaired) electrons. The standard InChI is InChI=1S/C30H31N3O8S/c1-30(2,3)21-14-18(34)7-12-24(21)41-20-10-11-22(23(15-20)33(4)29(38)39)31-26(35)16-40-19-8-5-17(6-9-19)13-25-27(36)32-28(37)42-25/h5-12,14-15,25,34H,13,16H2,1-4H3,(H,31,35)(H,38,39)(H,32,36,37). The van der Waals surface area contributed by atoms with E-state index in [9.17, 15) is 29.4 Å². The summed E-state index contributed by atoms with van der Waals surface area (Å²) in [5.74, 6) is 0.525. The van der Waals surface area contributed by atoms with E-state index in [1.165, 1.54) is 25.2 Å². The lowest BCUT2D eigenvalue weighted by atomic mass is 9.86. The molecule has 3 aromatic rings. The highest BCUT2D eigenvalue weighted by atomic mass is 32.2. The predicted molar refractivity (Wildman–Crippen MR) is 159 cm³/mol. The number of rotatable bonds is 9. The van der Waals surface area contributed by atoms with Crippen molar-refractivity contribution in [2.45, 2.75) is 37.9 Å². The fourth-order valence-electron chi connectivity index (χ4n) is 4.18. The maximum Gasteiger partial charge on any atom is 0.411 e. The van der Waals surface area contributed by atoms with Gasteiger partial charge in [0.05, 0.1) is 16.6 Å². The van der Waals surface area contributed by atoms with E-state index in [1.54, 1.807) is 42.5 Å². The van der Waals surface area contributed by atoms with Crippen molar-refractivity contribution in [2.75, 3.05) is 23.9 Å². The fraction of sp³-hybridized carbons (Fsp3) is 0.267. The molecule has 0 saturated carbocycles. The number of carbonyl (C=O) groups excluding carboxylic acids is 3. The quantitative estimate of drug-likeness (QED) is 0.251. The van der Waals surface area contributed by atoms with Crippen LogP contribution in [0.3, 0.4) is 0 Å². The van der Waals surface area contributed by atoms with Crippen molar-refractivity contribution in [3.8, 4) is 23.0 Å². The number of carboxylic acid groups (broad SMARTS) is 1. The van der Waals surface area contributed by atoms with Gasteiger partial charge in [-0.3, -0.25) is 24.6 Å². The van der Waals surface area contributed by atoms with Crippen LogP contribution in [0.1, 0.15) is 31.9 Å². The van der Waals surface area contributed by atoms with Gasteiger partial charge in [0.1, 0.15) is 23.0 Å². The molecule has 1 heterocycles. The molecule has 1 aliphatic rings. The van der Waals surface area contributed by atoms with Crippen molar-refractivity contribution in [3.05, 3.63) is 71.8 Å². The third kappa shape index (κ3) is 7.52. The number of benzene rings is 3. The van der Waals surface area contributed by atoms with E-state index < -0.39 is 17.3 Å². The van der Waals surface area contributed by atoms with Crippen molar-refractivity contribution in [3.63, 3.8) is 0 Å². The molecule has 1 saturated heterocycles. The van der Waals surface area contributed by atoms with Crippen molar-refractivity contribution in [1.82, 2.24) is 5.32 Å². The SMILES string of the molecule is CN(C(=O)O)c1cc(Oc2ccc(O)cc2C(C)(C)C)ccc1NC(=O)COc1ccc(CC2SC(=O)NC2=O)cc1. The van der Waals surface area contributed by atoms with Crippen LogP contribution in [-0.4, -0.2) is 52.3 Å². The number of phenols is 1. The van der Waals surface area contributed by atoms with Gasteiger partial charge in [0.2, 0.25) is 5.91 Å². The van der Waals surface area contributed by atoms with Gasteiger partial charge >= 0.3 is 6.09 Å². The highest BCUT2D eigenvalue weighted by Gasteiger charge is 2.31. The molecule has 1 atom stereocenters. The number of hydrogen-bond donors (Lipinski definition) is 4. The van der Waals surface area contributed by atoms with Crippen LogP contribution in [-0.2, 0) is 21.4 Å². The summed E-state index contributed by atoms with van der Waals surface area (Å²) >= 11 is 0.955. The van der Waals surface area contributed by atoms with Crippen LogP contribution < -0.4 is 25.0 Å². The number of amides is 4. The molecule has 1 fully saturated rings. The van der Waals surface area contributed by atoms with Gasteiger partial charge in [-0.05, 0) is 59.9 Å². The van der Waals surface area contributed by atoms with Crippen LogP contribution in [0, 0.1) is 0 Å². The fourth-order valence-corrected chi connectivity index (χ4v) is 5.04. The molecular formula is C30H31N3O8S. The molecule has 0 aliphatic carbocycles. The molecule has 4 N–H and O–H groups in total. The van der Waals surface area contributed by atoms with Crippen molar-refractivity contribution in [1.29, 1.82) is 0 Å². The Morgan fingerprint density at radius 1 is 1.02 bits per heavy atom. The maximum absolute atomic E-state index is 12.7. The van der Waals surface area contributed by atoms with Crippen LogP contribution in [0.25, 0.3) is 0 Å². The Bertz CT molecular complexity index is 1520. The van der Waals surface area contributed by atoms with E-state index in [0.29, 0.717) is 23.7 Å². The van der Waals surface area contributed by atoms with E-state index in [1.807, 2.05) is 20.8 Å². The first-order chi connectivity index (χ1) is 19.8. The molecule has 1 aliphatic heterocycles. The van der Waals surface area contributed by atoms with Crippen molar-refractivity contribution in [2.24, 2.45) is 0 Å². The summed E-state index contributed by atoms with van der Waals surface area (Å²) in [6.07, 6.45) is -0.857. The highest BCUT2D eigenvalue weighted by Crippen LogP contribution is 2.38. The smallest absolute Gasteiger partial charge is 0.411 e. The highest BCUT2D eigenvalue weighted by molar-refractivity contribution is 8.15. The number of phenolic OH excluding ortho intramolecular Hbond substituents is 1. The first-order valence-corrected chi connectivity index (χ1v) is 13.8. The molecule has 0 spiro atoms. The molecule has 3 aromatic carbocycles. The Morgan fingerprint density at radius 2 is 1.71 bits per heavy atom. The zero-order chi connectivity index (χ0) is 30.6. The van der Waals surface area contributed by atoms with E-state index >= 15 is 0 Å². The van der Waals surface area contributed by atoms with Gasteiger partial charge in [-0.2, -0.15) is 0 Å². The molecule has 4 amide bonds. The molecular weight excluding hydrogens is 562 g/mol. The van der Waals surface area contributed by atoms with E-state index in [2.05, 4.69) is 10.6 Å². The Hall–Kier alpha value is -4.71. The van der Waals surface area contributed by atoms with Gasteiger partial charge in [0.15, 0.2) is 6.61 Å². The Labute approximate surface area is 246 Å². The number of imide groups is 1. The zero-order valence-corrected chi connectivity index (χ0v) is 24.3. The van der Waals surface area contributed by atoms with Crippen molar-refractivity contribution >= 4 is 46.3 Å². The third-order valence-corrected chi connectivity index (χ3v) is 7.35. The summed E-state index contributed by atoms with van der Waals surface area (Å²) in [4.78, 5) is 48.6. The molecule has 1 unspecified atom stereocenters. The second-order valence-corrected chi connectivity index (χ2v) is 11.8. The maximum atomic E-state index is 12.7. The summed E-state index contributed by atoms with van der Waals surface area (Å²) in [5, 5.41) is 23.7. The monoisotopic (exact) mass is 593 g/mol. The Balaban J connectivity index is 1.43. The van der Waals surface area contributed by atoms with Gasteiger partial charge in [0.25, 0.3) is 11.1 Å². The number of anilines is 2. The minimum Gasteiger partial charge on any atom is -0.508 e. The second kappa shape index (κ2) is 12.4. The van der Waals surface area contributed by atoms with Gasteiger partial charge in [0, 0.05) is 18.7 Å². The number of thioether (sulfide) groups is 1. The Kier molecular flexibility index (Phi) is 8.96. The van der Waals surface area contributed by atoms with Crippen LogP contribution in [0.2, 0.25) is 0 Å². The predicted octanol–water partition coefficient (Wildman–Crippen LogP) is 5.51. The topological polar surface area (TPSA) is 155 Å². The number of nitrogens with one attached hydrogen (secondary N) is 2. The molecule has 12 heteroatoms. The summed E-state index contributed by atoms with van der Waals surface area (Å²) in [6.45, 7) is 5.59.